The summed E-state index contributed by atoms with van der Waals surface area (Å²) in [5.74, 6) is 0. The standard InChI is InChI=1S/C13H15BrN2O2S2/c1-9(6-10-4-5-19-8-10)16-20(17,18)11-2-3-12(14)13(15)7-11/h2-5,7-9,16H,6,15H2,1H3. The summed E-state index contributed by atoms with van der Waals surface area (Å²) in [5.41, 5.74) is 7.25. The van der Waals surface area contributed by atoms with Gasteiger partial charge in [0.2, 0.25) is 10.0 Å². The maximum atomic E-state index is 12.3. The van der Waals surface area contributed by atoms with Crippen molar-refractivity contribution < 1.29 is 8.42 Å². The first-order chi connectivity index (χ1) is 9.38. The second-order valence-electron chi connectivity index (χ2n) is 4.54. The van der Waals surface area contributed by atoms with Gasteiger partial charge < -0.3 is 5.73 Å². The molecule has 0 saturated carbocycles. The summed E-state index contributed by atoms with van der Waals surface area (Å²) >= 11 is 4.85. The van der Waals surface area contributed by atoms with E-state index < -0.39 is 10.0 Å². The summed E-state index contributed by atoms with van der Waals surface area (Å²) in [6.07, 6.45) is 0.661. The molecule has 4 nitrogen and oxygen atoms in total. The van der Waals surface area contributed by atoms with Crippen LogP contribution in [0.25, 0.3) is 0 Å². The smallest absolute Gasteiger partial charge is 0.240 e. The van der Waals surface area contributed by atoms with Crippen LogP contribution in [0.1, 0.15) is 12.5 Å². The van der Waals surface area contributed by atoms with E-state index >= 15 is 0 Å². The van der Waals surface area contributed by atoms with E-state index in [9.17, 15) is 8.42 Å². The van der Waals surface area contributed by atoms with Crippen molar-refractivity contribution in [1.29, 1.82) is 0 Å². The average molecular weight is 375 g/mol. The minimum absolute atomic E-state index is 0.176. The highest BCUT2D eigenvalue weighted by molar-refractivity contribution is 9.10. The van der Waals surface area contributed by atoms with E-state index in [1.807, 2.05) is 23.8 Å². The Morgan fingerprint density at radius 3 is 2.75 bits per heavy atom. The lowest BCUT2D eigenvalue weighted by atomic mass is 10.1. The molecule has 3 N–H and O–H groups in total. The van der Waals surface area contributed by atoms with Gasteiger partial charge in [-0.2, -0.15) is 11.3 Å². The van der Waals surface area contributed by atoms with Crippen LogP contribution in [-0.4, -0.2) is 14.5 Å². The van der Waals surface area contributed by atoms with Crippen molar-refractivity contribution in [3.63, 3.8) is 0 Å². The molecular formula is C13H15BrN2O2S2. The number of sulfonamides is 1. The van der Waals surface area contributed by atoms with Crippen LogP contribution in [0, 0.1) is 0 Å². The highest BCUT2D eigenvalue weighted by atomic mass is 79.9. The van der Waals surface area contributed by atoms with Crippen LogP contribution in [-0.2, 0) is 16.4 Å². The maximum absolute atomic E-state index is 12.3. The zero-order chi connectivity index (χ0) is 14.8. The molecule has 7 heteroatoms. The fraction of sp³-hybridized carbons (Fsp3) is 0.231. The van der Waals surface area contributed by atoms with Gasteiger partial charge in [-0.15, -0.1) is 0 Å². The average Bonchev–Trinajstić information content (AvgIpc) is 2.84. The van der Waals surface area contributed by atoms with E-state index in [0.717, 1.165) is 5.56 Å². The number of halogens is 1. The molecule has 0 aliphatic heterocycles. The largest absolute Gasteiger partial charge is 0.398 e. The molecule has 0 spiro atoms. The van der Waals surface area contributed by atoms with Crippen molar-refractivity contribution in [3.05, 3.63) is 45.1 Å². The van der Waals surface area contributed by atoms with Crippen LogP contribution in [0.4, 0.5) is 5.69 Å². The molecule has 0 bridgehead atoms. The quantitative estimate of drug-likeness (QED) is 0.790. The van der Waals surface area contributed by atoms with E-state index in [1.54, 1.807) is 17.4 Å². The molecule has 0 fully saturated rings. The summed E-state index contributed by atoms with van der Waals surface area (Å²) < 4.78 is 27.9. The van der Waals surface area contributed by atoms with Crippen LogP contribution in [0.5, 0.6) is 0 Å². The first-order valence-electron chi connectivity index (χ1n) is 5.97. The lowest BCUT2D eigenvalue weighted by Gasteiger charge is -2.14. The number of anilines is 1. The SMILES string of the molecule is CC(Cc1ccsc1)NS(=O)(=O)c1ccc(Br)c(N)c1. The Morgan fingerprint density at radius 2 is 2.15 bits per heavy atom. The predicted molar refractivity (Wildman–Crippen MR) is 86.4 cm³/mol. The number of thiophene rings is 1. The third kappa shape index (κ3) is 3.82. The van der Waals surface area contributed by atoms with Crippen LogP contribution in [0.3, 0.4) is 0 Å². The summed E-state index contributed by atoms with van der Waals surface area (Å²) in [7, 11) is -3.55. The van der Waals surface area contributed by atoms with Gasteiger partial charge in [-0.1, -0.05) is 0 Å². The molecule has 1 aromatic carbocycles. The van der Waals surface area contributed by atoms with E-state index in [2.05, 4.69) is 20.7 Å². The highest BCUT2D eigenvalue weighted by Gasteiger charge is 2.18. The van der Waals surface area contributed by atoms with Crippen LogP contribution >= 0.6 is 27.3 Å². The number of rotatable bonds is 5. The molecule has 0 saturated heterocycles. The molecule has 1 unspecified atom stereocenters. The van der Waals surface area contributed by atoms with Gasteiger partial charge in [-0.3, -0.25) is 0 Å². The molecule has 0 aliphatic rings. The van der Waals surface area contributed by atoms with Gasteiger partial charge in [0, 0.05) is 16.2 Å². The normalized spacial score (nSPS) is 13.3. The third-order valence-electron chi connectivity index (χ3n) is 2.76. The monoisotopic (exact) mass is 374 g/mol. The topological polar surface area (TPSA) is 72.2 Å². The van der Waals surface area contributed by atoms with E-state index in [-0.39, 0.29) is 10.9 Å². The highest BCUT2D eigenvalue weighted by Crippen LogP contribution is 2.23. The number of hydrogen-bond acceptors (Lipinski definition) is 4. The zero-order valence-corrected chi connectivity index (χ0v) is 14.1. The third-order valence-corrected chi connectivity index (χ3v) is 5.80. The molecule has 2 aromatic rings. The second-order valence-corrected chi connectivity index (χ2v) is 7.89. The Labute approximate surface area is 131 Å². The van der Waals surface area contributed by atoms with Gasteiger partial charge in [-0.05, 0) is 69.9 Å². The molecule has 0 amide bonds. The Balaban J connectivity index is 2.12. The number of nitrogen functional groups attached to an aromatic ring is 1. The molecule has 108 valence electrons. The van der Waals surface area contributed by atoms with Gasteiger partial charge in [0.25, 0.3) is 0 Å². The summed E-state index contributed by atoms with van der Waals surface area (Å²) in [6, 6.07) is 6.42. The van der Waals surface area contributed by atoms with Crippen molar-refractivity contribution in [2.75, 3.05) is 5.73 Å². The molecule has 2 rings (SSSR count). The summed E-state index contributed by atoms with van der Waals surface area (Å²) in [6.45, 7) is 1.84. The summed E-state index contributed by atoms with van der Waals surface area (Å²) in [5, 5.41) is 3.99. The fourth-order valence-electron chi connectivity index (χ4n) is 1.83. The number of benzene rings is 1. The maximum Gasteiger partial charge on any atom is 0.240 e. The number of nitrogens with one attached hydrogen (secondary N) is 1. The Kier molecular flexibility index (Phi) is 4.85. The minimum atomic E-state index is -3.55. The van der Waals surface area contributed by atoms with Crippen molar-refractivity contribution in [3.8, 4) is 0 Å². The fourth-order valence-corrected chi connectivity index (χ4v) is 4.03. The Morgan fingerprint density at radius 1 is 1.40 bits per heavy atom. The minimum Gasteiger partial charge on any atom is -0.398 e. The van der Waals surface area contributed by atoms with Crippen molar-refractivity contribution in [2.45, 2.75) is 24.3 Å². The summed E-state index contributed by atoms with van der Waals surface area (Å²) in [4.78, 5) is 0.176. The van der Waals surface area contributed by atoms with Gasteiger partial charge >= 0.3 is 0 Å². The van der Waals surface area contributed by atoms with Crippen molar-refractivity contribution >= 4 is 43.0 Å². The lowest BCUT2D eigenvalue weighted by Crippen LogP contribution is -2.34. The molecule has 0 radical (unpaired) electrons. The van der Waals surface area contributed by atoms with Crippen LogP contribution in [0.2, 0.25) is 0 Å². The molecule has 20 heavy (non-hydrogen) atoms. The Hall–Kier alpha value is -0.890. The predicted octanol–water partition coefficient (Wildman–Crippen LogP) is 3.00. The Bertz CT molecular complexity index is 684. The van der Waals surface area contributed by atoms with E-state index in [0.29, 0.717) is 16.6 Å². The van der Waals surface area contributed by atoms with Gasteiger partial charge in [0.1, 0.15) is 0 Å². The number of hydrogen-bond donors (Lipinski definition) is 2. The van der Waals surface area contributed by atoms with Gasteiger partial charge in [-0.25, -0.2) is 13.1 Å². The molecule has 1 heterocycles. The van der Waals surface area contributed by atoms with E-state index in [4.69, 9.17) is 5.73 Å². The second kappa shape index (κ2) is 6.26. The van der Waals surface area contributed by atoms with Gasteiger partial charge in [0.05, 0.1) is 4.90 Å². The molecular weight excluding hydrogens is 360 g/mol. The molecule has 1 aromatic heterocycles. The van der Waals surface area contributed by atoms with Crippen LogP contribution < -0.4 is 10.5 Å². The van der Waals surface area contributed by atoms with Gasteiger partial charge in [0.15, 0.2) is 0 Å². The van der Waals surface area contributed by atoms with E-state index in [1.165, 1.54) is 12.1 Å². The van der Waals surface area contributed by atoms with Crippen molar-refractivity contribution in [1.82, 2.24) is 4.72 Å². The first-order valence-corrected chi connectivity index (χ1v) is 9.19. The van der Waals surface area contributed by atoms with Crippen LogP contribution in [0.15, 0.2) is 44.4 Å². The number of nitrogens with two attached hydrogens (primary N) is 1. The molecule has 1 atom stereocenters. The first kappa shape index (κ1) is 15.5. The lowest BCUT2D eigenvalue weighted by molar-refractivity contribution is 0.560. The zero-order valence-electron chi connectivity index (χ0n) is 10.8. The van der Waals surface area contributed by atoms with Crippen molar-refractivity contribution in [2.24, 2.45) is 0 Å². The molecule has 0 aliphatic carbocycles.